The number of cyclic esters (lactones) is 1. The Hall–Kier alpha value is -3.46. The Balaban J connectivity index is 1.42. The van der Waals surface area contributed by atoms with Gasteiger partial charge in [-0.3, -0.25) is 0 Å². The molecule has 3 aromatic carbocycles. The maximum Gasteiger partial charge on any atom is 0.363 e. The number of fused-ring (bicyclic) bond motifs is 1. The molecule has 0 atom stereocenters. The van der Waals surface area contributed by atoms with Gasteiger partial charge < -0.3 is 14.2 Å². The van der Waals surface area contributed by atoms with Crippen molar-refractivity contribution in [2.45, 2.75) is 6.92 Å². The number of carbonyl (C=O) groups excluding carboxylic acids is 2. The van der Waals surface area contributed by atoms with Crippen LogP contribution in [0.3, 0.4) is 0 Å². The van der Waals surface area contributed by atoms with Gasteiger partial charge >= 0.3 is 11.9 Å². The van der Waals surface area contributed by atoms with E-state index in [2.05, 4.69) is 20.9 Å². The SMILES string of the molecule is CCOc1cc(/C=C2/N=C(c3sc4ccccc4c3Cl)OC2=O)ccc1OC(=O)c1ccc(Br)cc1. The van der Waals surface area contributed by atoms with Crippen molar-refractivity contribution in [1.82, 2.24) is 0 Å². The molecule has 9 heteroatoms. The fourth-order valence-electron chi connectivity index (χ4n) is 3.53. The van der Waals surface area contributed by atoms with Crippen molar-refractivity contribution >= 4 is 72.9 Å². The van der Waals surface area contributed by atoms with Gasteiger partial charge in [-0.1, -0.05) is 51.8 Å². The maximum atomic E-state index is 12.6. The van der Waals surface area contributed by atoms with Crippen LogP contribution < -0.4 is 9.47 Å². The number of carbonyl (C=O) groups is 2. The van der Waals surface area contributed by atoms with Crippen molar-refractivity contribution in [3.63, 3.8) is 0 Å². The van der Waals surface area contributed by atoms with Crippen molar-refractivity contribution in [1.29, 1.82) is 0 Å². The van der Waals surface area contributed by atoms with Gasteiger partial charge in [0.2, 0.25) is 5.90 Å². The Morgan fingerprint density at radius 2 is 1.89 bits per heavy atom. The standard InChI is InChI=1S/C27H17BrClNO5S/c1-2-33-21-14-15(7-12-20(21)34-26(31)16-8-10-17(28)11-9-16)13-19-27(32)35-25(30-19)24-23(29)18-5-3-4-6-22(18)36-24/h3-14H,2H2,1H3/b19-13+. The zero-order valence-electron chi connectivity index (χ0n) is 18.8. The summed E-state index contributed by atoms with van der Waals surface area (Å²) in [7, 11) is 0. The number of hydrogen-bond acceptors (Lipinski definition) is 7. The van der Waals surface area contributed by atoms with Crippen LogP contribution in [0.25, 0.3) is 16.2 Å². The molecular weight excluding hydrogens is 566 g/mol. The molecule has 0 fully saturated rings. The van der Waals surface area contributed by atoms with Crippen molar-refractivity contribution in [3.8, 4) is 11.5 Å². The minimum atomic E-state index is -0.581. The fraction of sp³-hybridized carbons (Fsp3) is 0.0741. The van der Waals surface area contributed by atoms with Crippen LogP contribution >= 0.6 is 38.9 Å². The minimum Gasteiger partial charge on any atom is -0.490 e. The van der Waals surface area contributed by atoms with Gasteiger partial charge in [0.1, 0.15) is 4.88 Å². The van der Waals surface area contributed by atoms with Crippen molar-refractivity contribution < 1.29 is 23.8 Å². The normalized spacial score (nSPS) is 14.1. The van der Waals surface area contributed by atoms with Gasteiger partial charge in [-0.05, 0) is 61.0 Å². The second-order valence-electron chi connectivity index (χ2n) is 7.61. The van der Waals surface area contributed by atoms with Crippen LogP contribution in [0.15, 0.2) is 81.9 Å². The molecule has 1 aliphatic heterocycles. The molecule has 0 saturated heterocycles. The minimum absolute atomic E-state index is 0.126. The van der Waals surface area contributed by atoms with Gasteiger partial charge in [-0.15, -0.1) is 11.3 Å². The molecule has 0 bridgehead atoms. The van der Waals surface area contributed by atoms with E-state index >= 15 is 0 Å². The molecule has 0 amide bonds. The van der Waals surface area contributed by atoms with Gasteiger partial charge in [0.15, 0.2) is 17.2 Å². The summed E-state index contributed by atoms with van der Waals surface area (Å²) in [6.07, 6.45) is 1.58. The smallest absolute Gasteiger partial charge is 0.363 e. The van der Waals surface area contributed by atoms with Gasteiger partial charge in [-0.2, -0.15) is 0 Å². The third-order valence-corrected chi connectivity index (χ3v) is 7.40. The average molecular weight is 583 g/mol. The van der Waals surface area contributed by atoms with E-state index in [0.29, 0.717) is 33.4 Å². The van der Waals surface area contributed by atoms with Crippen LogP contribution in [0.5, 0.6) is 11.5 Å². The molecule has 180 valence electrons. The van der Waals surface area contributed by atoms with E-state index in [9.17, 15) is 9.59 Å². The Morgan fingerprint density at radius 3 is 2.64 bits per heavy atom. The van der Waals surface area contributed by atoms with Crippen LogP contribution in [-0.2, 0) is 9.53 Å². The molecule has 1 aromatic heterocycles. The predicted molar refractivity (Wildman–Crippen MR) is 144 cm³/mol. The number of thiophene rings is 1. The zero-order chi connectivity index (χ0) is 25.2. The van der Waals surface area contributed by atoms with Crippen molar-refractivity contribution in [2.75, 3.05) is 6.61 Å². The molecule has 6 nitrogen and oxygen atoms in total. The summed E-state index contributed by atoms with van der Waals surface area (Å²) in [5.74, 6) is -0.296. The first-order valence-electron chi connectivity index (χ1n) is 10.9. The number of rotatable bonds is 6. The molecule has 0 N–H and O–H groups in total. The first-order valence-corrected chi connectivity index (χ1v) is 12.9. The zero-order valence-corrected chi connectivity index (χ0v) is 21.9. The Kier molecular flexibility index (Phi) is 6.91. The molecule has 0 spiro atoms. The first kappa shape index (κ1) is 24.2. The lowest BCUT2D eigenvalue weighted by Gasteiger charge is -2.11. The van der Waals surface area contributed by atoms with E-state index < -0.39 is 11.9 Å². The summed E-state index contributed by atoms with van der Waals surface area (Å²) in [6.45, 7) is 2.18. The third kappa shape index (κ3) is 4.93. The molecule has 2 heterocycles. The highest BCUT2D eigenvalue weighted by Crippen LogP contribution is 2.37. The fourth-order valence-corrected chi connectivity index (χ4v) is 5.23. The first-order chi connectivity index (χ1) is 17.4. The Labute approximate surface area is 223 Å². The Morgan fingerprint density at radius 1 is 1.11 bits per heavy atom. The highest BCUT2D eigenvalue weighted by molar-refractivity contribution is 9.10. The highest BCUT2D eigenvalue weighted by atomic mass is 79.9. The third-order valence-electron chi connectivity index (χ3n) is 5.20. The van der Waals surface area contributed by atoms with Crippen LogP contribution in [0.4, 0.5) is 0 Å². The number of ether oxygens (including phenoxy) is 3. The number of esters is 2. The molecule has 5 rings (SSSR count). The molecule has 0 saturated carbocycles. The number of aliphatic imine (C=N–C) groups is 1. The van der Waals surface area contributed by atoms with Crippen LogP contribution in [-0.4, -0.2) is 24.4 Å². The highest BCUT2D eigenvalue weighted by Gasteiger charge is 2.28. The van der Waals surface area contributed by atoms with Crippen LogP contribution in [0, 0.1) is 0 Å². The van der Waals surface area contributed by atoms with Gasteiger partial charge in [0.05, 0.1) is 17.2 Å². The van der Waals surface area contributed by atoms with Gasteiger partial charge in [0.25, 0.3) is 0 Å². The molecule has 0 radical (unpaired) electrons. The molecular formula is C27H17BrClNO5S. The quantitative estimate of drug-likeness (QED) is 0.136. The number of benzene rings is 3. The lowest BCUT2D eigenvalue weighted by atomic mass is 10.1. The lowest BCUT2D eigenvalue weighted by molar-refractivity contribution is -0.129. The van der Waals surface area contributed by atoms with E-state index in [0.717, 1.165) is 14.6 Å². The topological polar surface area (TPSA) is 74.2 Å². The summed E-state index contributed by atoms with van der Waals surface area (Å²) in [5, 5.41) is 1.38. The lowest BCUT2D eigenvalue weighted by Crippen LogP contribution is -2.09. The number of hydrogen-bond donors (Lipinski definition) is 0. The summed E-state index contributed by atoms with van der Waals surface area (Å²) in [6, 6.07) is 19.5. The van der Waals surface area contributed by atoms with E-state index in [1.165, 1.54) is 11.3 Å². The molecule has 4 aromatic rings. The monoisotopic (exact) mass is 581 g/mol. The van der Waals surface area contributed by atoms with Crippen molar-refractivity contribution in [2.24, 2.45) is 4.99 Å². The summed E-state index contributed by atoms with van der Waals surface area (Å²) in [5.41, 5.74) is 1.16. The molecule has 36 heavy (non-hydrogen) atoms. The summed E-state index contributed by atoms with van der Waals surface area (Å²) in [4.78, 5) is 30.1. The second-order valence-corrected chi connectivity index (χ2v) is 9.96. The molecule has 0 unspecified atom stereocenters. The van der Waals surface area contributed by atoms with Crippen LogP contribution in [0.2, 0.25) is 5.02 Å². The van der Waals surface area contributed by atoms with Gasteiger partial charge in [-0.25, -0.2) is 14.6 Å². The summed E-state index contributed by atoms with van der Waals surface area (Å²) >= 11 is 11.3. The molecule has 1 aliphatic rings. The number of halogens is 2. The number of nitrogens with zero attached hydrogens (tertiary/aromatic N) is 1. The molecule has 0 aliphatic carbocycles. The van der Waals surface area contributed by atoms with Crippen LogP contribution in [0.1, 0.15) is 27.7 Å². The van der Waals surface area contributed by atoms with E-state index in [1.54, 1.807) is 48.5 Å². The predicted octanol–water partition coefficient (Wildman–Crippen LogP) is 7.28. The Bertz CT molecular complexity index is 1560. The largest absolute Gasteiger partial charge is 0.490 e. The average Bonchev–Trinajstić information content (AvgIpc) is 3.40. The maximum absolute atomic E-state index is 12.6. The second kappa shape index (κ2) is 10.3. The summed E-state index contributed by atoms with van der Waals surface area (Å²) < 4.78 is 18.5. The van der Waals surface area contributed by atoms with E-state index in [1.807, 2.05) is 31.2 Å². The van der Waals surface area contributed by atoms with E-state index in [4.69, 9.17) is 25.8 Å². The van der Waals surface area contributed by atoms with Gasteiger partial charge in [0, 0.05) is 14.6 Å². The van der Waals surface area contributed by atoms with Crippen molar-refractivity contribution in [3.05, 3.63) is 97.9 Å². The van der Waals surface area contributed by atoms with E-state index in [-0.39, 0.29) is 17.3 Å².